The third-order valence-corrected chi connectivity index (χ3v) is 4.62. The lowest BCUT2D eigenvalue weighted by molar-refractivity contribution is -0.138. The number of rotatable bonds is 7. The van der Waals surface area contributed by atoms with Gasteiger partial charge < -0.3 is 10.0 Å². The molecule has 2 aromatic heterocycles. The van der Waals surface area contributed by atoms with Gasteiger partial charge in [0.2, 0.25) is 0 Å². The molecule has 1 amide bonds. The largest absolute Gasteiger partial charge is 0.480 e. The maximum Gasteiger partial charge on any atom is 0.323 e. The number of pyridine rings is 1. The maximum absolute atomic E-state index is 13.1. The van der Waals surface area contributed by atoms with E-state index in [4.69, 9.17) is 0 Å². The molecule has 25 heavy (non-hydrogen) atoms. The highest BCUT2D eigenvalue weighted by atomic mass is 16.4. The number of aliphatic carboxylic acids is 1. The molecule has 0 saturated carbocycles. The van der Waals surface area contributed by atoms with Gasteiger partial charge in [0.25, 0.3) is 5.91 Å². The van der Waals surface area contributed by atoms with Crippen molar-refractivity contribution < 1.29 is 14.7 Å². The lowest BCUT2D eigenvalue weighted by Gasteiger charge is -2.27. The summed E-state index contributed by atoms with van der Waals surface area (Å²) in [6, 6.07) is 1.71. The molecule has 2 unspecified atom stereocenters. The standard InChI is InChI=1S/C18H26N4O3/c1-6-12(4)21(10-16(23)24)18(25)14-8-11(3)20-17-15(14)9-19-22(17)13(5)7-2/h8-9,12-13H,6-7,10H2,1-5H3,(H,23,24). The monoisotopic (exact) mass is 346 g/mol. The van der Waals surface area contributed by atoms with Crippen molar-refractivity contribution in [1.82, 2.24) is 19.7 Å². The van der Waals surface area contributed by atoms with E-state index in [0.29, 0.717) is 28.7 Å². The molecule has 0 aromatic carbocycles. The van der Waals surface area contributed by atoms with Crippen molar-refractivity contribution in [2.24, 2.45) is 0 Å². The first kappa shape index (κ1) is 18.9. The molecule has 0 bridgehead atoms. The third kappa shape index (κ3) is 3.81. The lowest BCUT2D eigenvalue weighted by Crippen LogP contribution is -2.42. The van der Waals surface area contributed by atoms with E-state index < -0.39 is 5.97 Å². The van der Waals surface area contributed by atoms with Gasteiger partial charge in [-0.25, -0.2) is 9.67 Å². The van der Waals surface area contributed by atoms with E-state index in [1.807, 2.05) is 32.4 Å². The smallest absolute Gasteiger partial charge is 0.323 e. The van der Waals surface area contributed by atoms with E-state index in [1.165, 1.54) is 4.90 Å². The van der Waals surface area contributed by atoms with Crippen molar-refractivity contribution in [3.05, 3.63) is 23.5 Å². The Balaban J connectivity index is 2.56. The van der Waals surface area contributed by atoms with Crippen molar-refractivity contribution in [3.8, 4) is 0 Å². The van der Waals surface area contributed by atoms with Gasteiger partial charge in [-0.1, -0.05) is 13.8 Å². The highest BCUT2D eigenvalue weighted by molar-refractivity contribution is 6.06. The molecule has 0 aliphatic heterocycles. The second-order valence-corrected chi connectivity index (χ2v) is 6.48. The summed E-state index contributed by atoms with van der Waals surface area (Å²) < 4.78 is 1.82. The number of hydrogen-bond acceptors (Lipinski definition) is 4. The maximum atomic E-state index is 13.1. The molecule has 2 aromatic rings. The van der Waals surface area contributed by atoms with Gasteiger partial charge in [-0.15, -0.1) is 0 Å². The van der Waals surface area contributed by atoms with Crippen LogP contribution in [0.1, 0.15) is 62.6 Å². The van der Waals surface area contributed by atoms with Crippen LogP contribution in [-0.2, 0) is 4.79 Å². The summed E-state index contributed by atoms with van der Waals surface area (Å²) in [7, 11) is 0. The summed E-state index contributed by atoms with van der Waals surface area (Å²) in [6.45, 7) is 9.41. The molecule has 2 rings (SSSR count). The highest BCUT2D eigenvalue weighted by Crippen LogP contribution is 2.24. The number of nitrogens with zero attached hydrogens (tertiary/aromatic N) is 4. The van der Waals surface area contributed by atoms with Gasteiger partial charge in [0, 0.05) is 11.7 Å². The molecule has 0 aliphatic carbocycles. The Bertz CT molecular complexity index is 784. The van der Waals surface area contributed by atoms with Crippen LogP contribution in [0, 0.1) is 6.92 Å². The predicted molar refractivity (Wildman–Crippen MR) is 95.7 cm³/mol. The highest BCUT2D eigenvalue weighted by Gasteiger charge is 2.26. The van der Waals surface area contributed by atoms with Gasteiger partial charge in [-0.2, -0.15) is 5.10 Å². The van der Waals surface area contributed by atoms with Crippen LogP contribution in [0.5, 0.6) is 0 Å². The van der Waals surface area contributed by atoms with Crippen LogP contribution in [0.2, 0.25) is 0 Å². The molecule has 7 nitrogen and oxygen atoms in total. The molecular weight excluding hydrogens is 320 g/mol. The molecule has 2 heterocycles. The summed E-state index contributed by atoms with van der Waals surface area (Å²) >= 11 is 0. The predicted octanol–water partition coefficient (Wildman–Crippen LogP) is 3.04. The molecule has 0 saturated heterocycles. The van der Waals surface area contributed by atoms with E-state index in [-0.39, 0.29) is 24.5 Å². The van der Waals surface area contributed by atoms with Gasteiger partial charge >= 0.3 is 5.97 Å². The molecular formula is C18H26N4O3. The average Bonchev–Trinajstić information content (AvgIpc) is 3.00. The van der Waals surface area contributed by atoms with Crippen molar-refractivity contribution in [2.75, 3.05) is 6.54 Å². The topological polar surface area (TPSA) is 88.3 Å². The molecule has 0 fully saturated rings. The van der Waals surface area contributed by atoms with Crippen LogP contribution >= 0.6 is 0 Å². The Morgan fingerprint density at radius 2 is 1.96 bits per heavy atom. The number of hydrogen-bond donors (Lipinski definition) is 1. The van der Waals surface area contributed by atoms with Crippen LogP contribution in [0.3, 0.4) is 0 Å². The van der Waals surface area contributed by atoms with Crippen molar-refractivity contribution >= 4 is 22.9 Å². The van der Waals surface area contributed by atoms with Crippen molar-refractivity contribution in [1.29, 1.82) is 0 Å². The first-order valence-electron chi connectivity index (χ1n) is 8.67. The van der Waals surface area contributed by atoms with Crippen molar-refractivity contribution in [3.63, 3.8) is 0 Å². The fraction of sp³-hybridized carbons (Fsp3) is 0.556. The second-order valence-electron chi connectivity index (χ2n) is 6.48. The Labute approximate surface area is 147 Å². The quantitative estimate of drug-likeness (QED) is 0.832. The number of fused-ring (bicyclic) bond motifs is 1. The zero-order chi connectivity index (χ0) is 18.7. The van der Waals surface area contributed by atoms with Crippen molar-refractivity contribution in [2.45, 2.75) is 59.5 Å². The SMILES string of the molecule is CCC(C)N(CC(=O)O)C(=O)c1cc(C)nc2c1cnn2C(C)CC. The molecule has 0 spiro atoms. The zero-order valence-electron chi connectivity index (χ0n) is 15.5. The first-order valence-corrected chi connectivity index (χ1v) is 8.67. The van der Waals surface area contributed by atoms with Gasteiger partial charge in [0.1, 0.15) is 6.54 Å². The number of aryl methyl sites for hydroxylation is 1. The Morgan fingerprint density at radius 1 is 1.28 bits per heavy atom. The number of aromatic nitrogens is 3. The summed E-state index contributed by atoms with van der Waals surface area (Å²) in [4.78, 5) is 30.2. The first-order chi connectivity index (χ1) is 11.8. The lowest BCUT2D eigenvalue weighted by atomic mass is 10.1. The number of carbonyl (C=O) groups is 2. The fourth-order valence-corrected chi connectivity index (χ4v) is 2.76. The van der Waals surface area contributed by atoms with Crippen LogP contribution in [0.4, 0.5) is 0 Å². The minimum atomic E-state index is -1.02. The number of carboxylic acids is 1. The minimum Gasteiger partial charge on any atom is -0.480 e. The third-order valence-electron chi connectivity index (χ3n) is 4.62. The molecule has 0 radical (unpaired) electrons. The molecule has 7 heteroatoms. The Hall–Kier alpha value is -2.44. The number of amides is 1. The van der Waals surface area contributed by atoms with E-state index in [0.717, 1.165) is 6.42 Å². The molecule has 2 atom stereocenters. The van der Waals surface area contributed by atoms with Crippen LogP contribution in [-0.4, -0.2) is 49.2 Å². The average molecular weight is 346 g/mol. The van der Waals surface area contributed by atoms with Crippen LogP contribution in [0.25, 0.3) is 11.0 Å². The normalized spacial score (nSPS) is 13.6. The second kappa shape index (κ2) is 7.63. The number of carbonyl (C=O) groups excluding carboxylic acids is 1. The fourth-order valence-electron chi connectivity index (χ4n) is 2.76. The zero-order valence-corrected chi connectivity index (χ0v) is 15.5. The molecule has 0 aliphatic rings. The van der Waals surface area contributed by atoms with Crippen LogP contribution in [0.15, 0.2) is 12.3 Å². The minimum absolute atomic E-state index is 0.166. The van der Waals surface area contributed by atoms with E-state index in [1.54, 1.807) is 12.3 Å². The number of carboxylic acid groups (broad SMARTS) is 1. The summed E-state index contributed by atoms with van der Waals surface area (Å²) in [5.74, 6) is -1.32. The van der Waals surface area contributed by atoms with Crippen LogP contribution < -0.4 is 0 Å². The Morgan fingerprint density at radius 3 is 2.52 bits per heavy atom. The van der Waals surface area contributed by atoms with Gasteiger partial charge in [0.15, 0.2) is 5.65 Å². The summed E-state index contributed by atoms with van der Waals surface area (Å²) in [5.41, 5.74) is 1.83. The summed E-state index contributed by atoms with van der Waals surface area (Å²) in [5, 5.41) is 14.2. The van der Waals surface area contributed by atoms with E-state index in [9.17, 15) is 14.7 Å². The molecule has 1 N–H and O–H groups in total. The molecule has 136 valence electrons. The van der Waals surface area contributed by atoms with Gasteiger partial charge in [0.05, 0.1) is 23.2 Å². The van der Waals surface area contributed by atoms with E-state index >= 15 is 0 Å². The Kier molecular flexibility index (Phi) is 5.77. The van der Waals surface area contributed by atoms with Gasteiger partial charge in [-0.05, 0) is 39.7 Å². The summed E-state index contributed by atoms with van der Waals surface area (Å²) in [6.07, 6.45) is 3.22. The van der Waals surface area contributed by atoms with Gasteiger partial charge in [-0.3, -0.25) is 9.59 Å². The van der Waals surface area contributed by atoms with E-state index in [2.05, 4.69) is 17.0 Å².